The number of aldehydes is 1. The maximum Gasteiger partial charge on any atom is 0.446 e. The van der Waals surface area contributed by atoms with Gasteiger partial charge in [-0.25, -0.2) is 4.79 Å². The predicted octanol–water partition coefficient (Wildman–Crippen LogP) is 3.16. The molecular weight excluding hydrogens is 295 g/mol. The van der Waals surface area contributed by atoms with Gasteiger partial charge in [0.25, 0.3) is 0 Å². The minimum absolute atomic E-state index is 0.0387. The molecule has 0 aromatic heterocycles. The van der Waals surface area contributed by atoms with Gasteiger partial charge in [-0.15, -0.1) is 0 Å². The maximum absolute atomic E-state index is 12.4. The Morgan fingerprint density at radius 3 is 2.60 bits per heavy atom. The summed E-state index contributed by atoms with van der Waals surface area (Å²) >= 11 is -0.558. The van der Waals surface area contributed by atoms with Gasteiger partial charge in [-0.05, 0) is 30.8 Å². The molecule has 0 aliphatic carbocycles. The lowest BCUT2D eigenvalue weighted by Crippen LogP contribution is -2.08. The quantitative estimate of drug-likeness (QED) is 0.485. The first-order valence-electron chi connectivity index (χ1n) is 5.28. The van der Waals surface area contributed by atoms with E-state index in [1.54, 1.807) is 0 Å². The van der Waals surface area contributed by atoms with Crippen molar-refractivity contribution in [1.29, 1.82) is 5.26 Å². The zero-order valence-corrected chi connectivity index (χ0v) is 11.0. The largest absolute Gasteiger partial charge is 0.462 e. The number of esters is 1. The summed E-state index contributed by atoms with van der Waals surface area (Å²) < 4.78 is 41.9. The Morgan fingerprint density at radius 2 is 2.15 bits per heavy atom. The molecule has 0 heterocycles. The van der Waals surface area contributed by atoms with Crippen molar-refractivity contribution < 1.29 is 27.5 Å². The second-order valence-electron chi connectivity index (χ2n) is 3.44. The molecule has 0 aliphatic rings. The molecule has 1 rings (SSSR count). The van der Waals surface area contributed by atoms with E-state index >= 15 is 0 Å². The SMILES string of the molecule is CCOC(=O)c1cc(C=O)c(C#N)c(SC(F)(F)F)c1. The molecule has 0 N–H and O–H groups in total. The first-order chi connectivity index (χ1) is 9.32. The Balaban J connectivity index is 3.39. The number of carbonyl (C=O) groups excluding carboxylic acids is 2. The van der Waals surface area contributed by atoms with Crippen LogP contribution >= 0.6 is 11.8 Å². The van der Waals surface area contributed by atoms with Gasteiger partial charge < -0.3 is 4.74 Å². The fraction of sp³-hybridized carbons (Fsp3) is 0.250. The molecule has 0 saturated heterocycles. The van der Waals surface area contributed by atoms with Crippen LogP contribution in [0.15, 0.2) is 17.0 Å². The molecule has 0 fully saturated rings. The topological polar surface area (TPSA) is 67.2 Å². The first-order valence-corrected chi connectivity index (χ1v) is 6.10. The second kappa shape index (κ2) is 6.43. The van der Waals surface area contributed by atoms with Crippen LogP contribution in [-0.4, -0.2) is 24.4 Å². The summed E-state index contributed by atoms with van der Waals surface area (Å²) in [5, 5.41) is 8.85. The molecular formula is C12H8F3NO3S. The molecule has 0 saturated carbocycles. The van der Waals surface area contributed by atoms with Crippen molar-refractivity contribution in [2.45, 2.75) is 17.3 Å². The van der Waals surface area contributed by atoms with Crippen LogP contribution in [0, 0.1) is 11.3 Å². The predicted molar refractivity (Wildman–Crippen MR) is 64.4 cm³/mol. The van der Waals surface area contributed by atoms with Crippen molar-refractivity contribution in [3.63, 3.8) is 0 Å². The molecule has 8 heteroatoms. The molecule has 0 bridgehead atoms. The monoisotopic (exact) mass is 303 g/mol. The minimum atomic E-state index is -4.64. The highest BCUT2D eigenvalue weighted by Crippen LogP contribution is 2.39. The van der Waals surface area contributed by atoms with Crippen LogP contribution in [0.5, 0.6) is 0 Å². The van der Waals surface area contributed by atoms with E-state index in [1.165, 1.54) is 13.0 Å². The van der Waals surface area contributed by atoms with E-state index in [-0.39, 0.29) is 24.0 Å². The van der Waals surface area contributed by atoms with E-state index in [2.05, 4.69) is 4.74 Å². The third-order valence-corrected chi connectivity index (χ3v) is 2.88. The van der Waals surface area contributed by atoms with Gasteiger partial charge >= 0.3 is 11.5 Å². The Morgan fingerprint density at radius 1 is 1.50 bits per heavy atom. The van der Waals surface area contributed by atoms with Crippen molar-refractivity contribution in [3.05, 3.63) is 28.8 Å². The standard InChI is InChI=1S/C12H8F3NO3S/c1-2-19-11(18)7-3-8(6-17)9(5-16)10(4-7)20-12(13,14)15/h3-4,6H,2H2,1H3. The van der Waals surface area contributed by atoms with E-state index in [0.717, 1.165) is 12.1 Å². The molecule has 0 unspecified atom stereocenters. The Hall–Kier alpha value is -2.01. The molecule has 4 nitrogen and oxygen atoms in total. The molecule has 0 radical (unpaired) electrons. The number of halogens is 3. The lowest BCUT2D eigenvalue weighted by molar-refractivity contribution is -0.0328. The van der Waals surface area contributed by atoms with Gasteiger partial charge in [-0.1, -0.05) is 0 Å². The highest BCUT2D eigenvalue weighted by Gasteiger charge is 2.31. The highest BCUT2D eigenvalue weighted by atomic mass is 32.2. The fourth-order valence-corrected chi connectivity index (χ4v) is 2.09. The summed E-state index contributed by atoms with van der Waals surface area (Å²) in [5.74, 6) is -0.857. The van der Waals surface area contributed by atoms with Crippen LogP contribution in [0.3, 0.4) is 0 Å². The molecule has 20 heavy (non-hydrogen) atoms. The molecule has 0 atom stereocenters. The van der Waals surface area contributed by atoms with Gasteiger partial charge in [-0.3, -0.25) is 4.79 Å². The summed E-state index contributed by atoms with van der Waals surface area (Å²) in [7, 11) is 0. The van der Waals surface area contributed by atoms with Gasteiger partial charge in [0.1, 0.15) is 6.07 Å². The van der Waals surface area contributed by atoms with Crippen LogP contribution < -0.4 is 0 Å². The first kappa shape index (κ1) is 16.0. The minimum Gasteiger partial charge on any atom is -0.462 e. The number of carbonyl (C=O) groups is 2. The van der Waals surface area contributed by atoms with Gasteiger partial charge in [0.15, 0.2) is 6.29 Å². The van der Waals surface area contributed by atoms with Crippen LogP contribution in [-0.2, 0) is 4.74 Å². The number of hydrogen-bond acceptors (Lipinski definition) is 5. The third-order valence-electron chi connectivity index (χ3n) is 2.11. The zero-order valence-electron chi connectivity index (χ0n) is 10.2. The number of ether oxygens (including phenoxy) is 1. The maximum atomic E-state index is 12.4. The lowest BCUT2D eigenvalue weighted by atomic mass is 10.1. The van der Waals surface area contributed by atoms with E-state index in [9.17, 15) is 22.8 Å². The number of nitrogens with zero attached hydrogens (tertiary/aromatic N) is 1. The van der Waals surface area contributed by atoms with Crippen LogP contribution in [0.1, 0.15) is 33.2 Å². The van der Waals surface area contributed by atoms with Crippen LogP contribution in [0.4, 0.5) is 13.2 Å². The average Bonchev–Trinajstić information content (AvgIpc) is 2.36. The molecule has 1 aromatic carbocycles. The third kappa shape index (κ3) is 3.99. The number of alkyl halides is 3. The summed E-state index contributed by atoms with van der Waals surface area (Å²) in [5.41, 5.74) is -5.56. The summed E-state index contributed by atoms with van der Waals surface area (Å²) in [6, 6.07) is 3.45. The van der Waals surface area contributed by atoms with Crippen molar-refractivity contribution in [2.24, 2.45) is 0 Å². The number of nitriles is 1. The van der Waals surface area contributed by atoms with E-state index in [4.69, 9.17) is 5.26 Å². The molecule has 0 spiro atoms. The molecule has 106 valence electrons. The van der Waals surface area contributed by atoms with E-state index < -0.39 is 33.7 Å². The summed E-state index contributed by atoms with van der Waals surface area (Å²) in [4.78, 5) is 21.9. The molecule has 0 aliphatic heterocycles. The number of thioether (sulfide) groups is 1. The number of benzene rings is 1. The Kier molecular flexibility index (Phi) is 5.16. The smallest absolute Gasteiger partial charge is 0.446 e. The van der Waals surface area contributed by atoms with Crippen molar-refractivity contribution in [1.82, 2.24) is 0 Å². The van der Waals surface area contributed by atoms with Gasteiger partial charge in [0.2, 0.25) is 0 Å². The van der Waals surface area contributed by atoms with E-state index in [0.29, 0.717) is 0 Å². The highest BCUT2D eigenvalue weighted by molar-refractivity contribution is 8.00. The van der Waals surface area contributed by atoms with Crippen LogP contribution in [0.25, 0.3) is 0 Å². The van der Waals surface area contributed by atoms with Gasteiger partial charge in [0.05, 0.1) is 17.7 Å². The Bertz CT molecular complexity index is 579. The van der Waals surface area contributed by atoms with Crippen LogP contribution in [0.2, 0.25) is 0 Å². The molecule has 0 amide bonds. The second-order valence-corrected chi connectivity index (χ2v) is 4.54. The molecule has 1 aromatic rings. The number of hydrogen-bond donors (Lipinski definition) is 0. The van der Waals surface area contributed by atoms with Crippen molar-refractivity contribution >= 4 is 24.0 Å². The average molecular weight is 303 g/mol. The van der Waals surface area contributed by atoms with E-state index in [1.807, 2.05) is 0 Å². The number of rotatable bonds is 4. The van der Waals surface area contributed by atoms with Gasteiger partial charge in [0, 0.05) is 10.5 Å². The fourth-order valence-electron chi connectivity index (χ4n) is 1.39. The Labute approximate surface area is 116 Å². The zero-order chi connectivity index (χ0) is 15.3. The van der Waals surface area contributed by atoms with Crippen molar-refractivity contribution in [3.8, 4) is 6.07 Å². The lowest BCUT2D eigenvalue weighted by Gasteiger charge is -2.10. The summed E-state index contributed by atoms with van der Waals surface area (Å²) in [6.07, 6.45) is 0.224. The van der Waals surface area contributed by atoms with Crippen molar-refractivity contribution in [2.75, 3.05) is 6.61 Å². The summed E-state index contributed by atoms with van der Waals surface area (Å²) in [6.45, 7) is 1.57. The normalized spacial score (nSPS) is 10.8. The van der Waals surface area contributed by atoms with Gasteiger partial charge in [-0.2, -0.15) is 18.4 Å².